The third-order valence-corrected chi connectivity index (χ3v) is 3.70. The molecule has 0 heterocycles. The second-order valence-electron chi connectivity index (χ2n) is 4.55. The van der Waals surface area contributed by atoms with E-state index in [0.29, 0.717) is 34.3 Å². The predicted molar refractivity (Wildman–Crippen MR) is 86.7 cm³/mol. The Morgan fingerprint density at radius 3 is 2.71 bits per heavy atom. The molecule has 0 aliphatic rings. The van der Waals surface area contributed by atoms with Crippen molar-refractivity contribution in [1.29, 1.82) is 5.26 Å². The van der Waals surface area contributed by atoms with E-state index in [4.69, 9.17) is 11.0 Å². The molecule has 0 unspecified atom stereocenters. The molecule has 0 radical (unpaired) electrons. The highest BCUT2D eigenvalue weighted by atomic mass is 79.9. The zero-order chi connectivity index (χ0) is 15.2. The summed E-state index contributed by atoms with van der Waals surface area (Å²) < 4.78 is 0.689. The van der Waals surface area contributed by atoms with Gasteiger partial charge in [-0.05, 0) is 52.2 Å². The predicted octanol–water partition coefficient (Wildman–Crippen LogP) is 3.47. The van der Waals surface area contributed by atoms with Crippen LogP contribution in [-0.2, 0) is 11.2 Å². The van der Waals surface area contributed by atoms with Gasteiger partial charge in [0.2, 0.25) is 5.91 Å². The number of amides is 1. The molecule has 2 rings (SSSR count). The lowest BCUT2D eigenvalue weighted by atomic mass is 10.1. The Kier molecular flexibility index (Phi) is 4.96. The molecule has 3 N–H and O–H groups in total. The van der Waals surface area contributed by atoms with Gasteiger partial charge in [0.1, 0.15) is 0 Å². The number of para-hydroxylation sites is 1. The Labute approximate surface area is 131 Å². The summed E-state index contributed by atoms with van der Waals surface area (Å²) in [6.07, 6.45) is 0.938. The number of nitrogens with zero attached hydrogens (tertiary/aromatic N) is 1. The van der Waals surface area contributed by atoms with Gasteiger partial charge in [0, 0.05) is 16.6 Å². The van der Waals surface area contributed by atoms with Gasteiger partial charge < -0.3 is 11.1 Å². The van der Waals surface area contributed by atoms with Crippen molar-refractivity contribution in [1.82, 2.24) is 0 Å². The highest BCUT2D eigenvalue weighted by Crippen LogP contribution is 2.23. The van der Waals surface area contributed by atoms with Crippen molar-refractivity contribution in [3.05, 3.63) is 58.1 Å². The summed E-state index contributed by atoms with van der Waals surface area (Å²) >= 11 is 3.34. The Hall–Kier alpha value is -2.32. The van der Waals surface area contributed by atoms with Crippen molar-refractivity contribution in [3.63, 3.8) is 0 Å². The van der Waals surface area contributed by atoms with Gasteiger partial charge in [-0.25, -0.2) is 0 Å². The van der Waals surface area contributed by atoms with Crippen LogP contribution in [0.2, 0.25) is 0 Å². The maximum absolute atomic E-state index is 12.0. The SMILES string of the molecule is N#Cc1ccc(NC(=O)CCc2ccccc2N)c(Br)c1. The number of hydrogen-bond donors (Lipinski definition) is 2. The van der Waals surface area contributed by atoms with E-state index in [-0.39, 0.29) is 5.91 Å². The van der Waals surface area contributed by atoms with Gasteiger partial charge in [-0.1, -0.05) is 18.2 Å². The summed E-state index contributed by atoms with van der Waals surface area (Å²) in [4.78, 5) is 12.0. The third-order valence-electron chi connectivity index (χ3n) is 3.05. The maximum atomic E-state index is 12.0. The van der Waals surface area contributed by atoms with Crippen LogP contribution < -0.4 is 11.1 Å². The van der Waals surface area contributed by atoms with E-state index >= 15 is 0 Å². The fourth-order valence-corrected chi connectivity index (χ4v) is 2.39. The minimum atomic E-state index is -0.0938. The molecule has 0 aliphatic carbocycles. The number of carbonyl (C=O) groups excluding carboxylic acids is 1. The number of hydrogen-bond acceptors (Lipinski definition) is 3. The monoisotopic (exact) mass is 343 g/mol. The number of aryl methyl sites for hydroxylation is 1. The molecule has 0 fully saturated rings. The summed E-state index contributed by atoms with van der Waals surface area (Å²) in [5.41, 5.74) is 8.70. The molecule has 21 heavy (non-hydrogen) atoms. The van der Waals surface area contributed by atoms with E-state index in [9.17, 15) is 4.79 Å². The number of nitriles is 1. The van der Waals surface area contributed by atoms with Crippen molar-refractivity contribution in [3.8, 4) is 6.07 Å². The quantitative estimate of drug-likeness (QED) is 0.834. The summed E-state index contributed by atoms with van der Waals surface area (Å²) in [6.45, 7) is 0. The van der Waals surface area contributed by atoms with Gasteiger partial charge in [-0.3, -0.25) is 4.79 Å². The van der Waals surface area contributed by atoms with Gasteiger partial charge in [-0.2, -0.15) is 5.26 Å². The molecular formula is C16H14BrN3O. The van der Waals surface area contributed by atoms with Gasteiger partial charge in [0.05, 0.1) is 17.3 Å². The average molecular weight is 344 g/mol. The van der Waals surface area contributed by atoms with Gasteiger partial charge >= 0.3 is 0 Å². The number of nitrogens with one attached hydrogen (secondary N) is 1. The van der Waals surface area contributed by atoms with Crippen molar-refractivity contribution >= 4 is 33.2 Å². The normalized spacial score (nSPS) is 9.90. The Morgan fingerprint density at radius 2 is 2.05 bits per heavy atom. The van der Waals surface area contributed by atoms with Gasteiger partial charge in [0.15, 0.2) is 0 Å². The minimum Gasteiger partial charge on any atom is -0.399 e. The Morgan fingerprint density at radius 1 is 1.29 bits per heavy atom. The van der Waals surface area contributed by atoms with Crippen LogP contribution in [0.25, 0.3) is 0 Å². The molecular weight excluding hydrogens is 330 g/mol. The number of rotatable bonds is 4. The number of anilines is 2. The van der Waals surface area contributed by atoms with E-state index in [0.717, 1.165) is 5.56 Å². The summed E-state index contributed by atoms with van der Waals surface area (Å²) in [7, 11) is 0. The molecule has 0 bridgehead atoms. The molecule has 0 spiro atoms. The maximum Gasteiger partial charge on any atom is 0.224 e. The lowest BCUT2D eigenvalue weighted by Gasteiger charge is -2.08. The minimum absolute atomic E-state index is 0.0938. The van der Waals surface area contributed by atoms with Crippen LogP contribution in [0.1, 0.15) is 17.5 Å². The molecule has 106 valence electrons. The van der Waals surface area contributed by atoms with E-state index in [1.54, 1.807) is 18.2 Å². The van der Waals surface area contributed by atoms with Gasteiger partial charge in [-0.15, -0.1) is 0 Å². The second-order valence-corrected chi connectivity index (χ2v) is 5.41. The molecule has 2 aromatic rings. The van der Waals surface area contributed by atoms with Crippen LogP contribution in [0.4, 0.5) is 11.4 Å². The van der Waals surface area contributed by atoms with Gasteiger partial charge in [0.25, 0.3) is 0 Å². The fourth-order valence-electron chi connectivity index (χ4n) is 1.91. The van der Waals surface area contributed by atoms with E-state index in [1.165, 1.54) is 0 Å². The number of nitrogens with two attached hydrogens (primary N) is 1. The van der Waals surface area contributed by atoms with Crippen molar-refractivity contribution in [2.75, 3.05) is 11.1 Å². The molecule has 0 aliphatic heterocycles. The number of halogens is 1. The molecule has 0 saturated heterocycles. The highest BCUT2D eigenvalue weighted by molar-refractivity contribution is 9.10. The molecule has 0 aromatic heterocycles. The van der Waals surface area contributed by atoms with Crippen LogP contribution in [0.3, 0.4) is 0 Å². The smallest absolute Gasteiger partial charge is 0.224 e. The zero-order valence-corrected chi connectivity index (χ0v) is 12.9. The topological polar surface area (TPSA) is 78.9 Å². The fraction of sp³-hybridized carbons (Fsp3) is 0.125. The molecule has 2 aromatic carbocycles. The van der Waals surface area contributed by atoms with E-state index < -0.39 is 0 Å². The average Bonchev–Trinajstić information content (AvgIpc) is 2.48. The van der Waals surface area contributed by atoms with Crippen molar-refractivity contribution in [2.24, 2.45) is 0 Å². The first-order chi connectivity index (χ1) is 10.1. The zero-order valence-electron chi connectivity index (χ0n) is 11.3. The highest BCUT2D eigenvalue weighted by Gasteiger charge is 2.07. The number of carbonyl (C=O) groups is 1. The molecule has 1 amide bonds. The Balaban J connectivity index is 1.96. The summed E-state index contributed by atoms with van der Waals surface area (Å²) in [6, 6.07) is 14.6. The van der Waals surface area contributed by atoms with Crippen LogP contribution in [0.5, 0.6) is 0 Å². The van der Waals surface area contributed by atoms with Crippen molar-refractivity contribution in [2.45, 2.75) is 12.8 Å². The Bertz CT molecular complexity index is 707. The largest absolute Gasteiger partial charge is 0.399 e. The standard InChI is InChI=1S/C16H14BrN3O/c17-13-9-11(10-18)5-7-15(13)20-16(21)8-6-12-3-1-2-4-14(12)19/h1-5,7,9H,6,8,19H2,(H,20,21). The third kappa shape index (κ3) is 4.07. The van der Waals surface area contributed by atoms with Crippen molar-refractivity contribution < 1.29 is 4.79 Å². The van der Waals surface area contributed by atoms with Crippen LogP contribution >= 0.6 is 15.9 Å². The van der Waals surface area contributed by atoms with E-state index in [1.807, 2.05) is 30.3 Å². The molecule has 5 heteroatoms. The number of nitrogen functional groups attached to an aromatic ring is 1. The van der Waals surface area contributed by atoms with E-state index in [2.05, 4.69) is 21.2 Å². The van der Waals surface area contributed by atoms with Crippen LogP contribution in [0, 0.1) is 11.3 Å². The molecule has 0 saturated carbocycles. The molecule has 4 nitrogen and oxygen atoms in total. The summed E-state index contributed by atoms with van der Waals surface area (Å²) in [5, 5.41) is 11.6. The lowest BCUT2D eigenvalue weighted by Crippen LogP contribution is -2.13. The first-order valence-electron chi connectivity index (χ1n) is 6.43. The first kappa shape index (κ1) is 15.1. The lowest BCUT2D eigenvalue weighted by molar-refractivity contribution is -0.116. The molecule has 0 atom stereocenters. The first-order valence-corrected chi connectivity index (χ1v) is 7.22. The summed E-state index contributed by atoms with van der Waals surface area (Å²) in [5.74, 6) is -0.0938. The van der Waals surface area contributed by atoms with Crippen LogP contribution in [-0.4, -0.2) is 5.91 Å². The number of benzene rings is 2. The second kappa shape index (κ2) is 6.91. The van der Waals surface area contributed by atoms with Crippen LogP contribution in [0.15, 0.2) is 46.9 Å².